The molecule has 114 valence electrons. The summed E-state index contributed by atoms with van der Waals surface area (Å²) >= 11 is 0. The van der Waals surface area contributed by atoms with Gasteiger partial charge in [0.25, 0.3) is 0 Å². The lowest BCUT2D eigenvalue weighted by atomic mass is 10.1. The standard InChI is InChI=1S/C13H14FNO5S/c14-21(17,18)7-10-4-13(16)15(6-10)5-9-1-2-11-12(3-9)20-8-19-11/h1-3,10H,4-8H2. The van der Waals surface area contributed by atoms with Crippen LogP contribution < -0.4 is 9.47 Å². The molecule has 1 unspecified atom stereocenters. The predicted molar refractivity (Wildman–Crippen MR) is 71.0 cm³/mol. The SMILES string of the molecule is O=C1CC(CS(=O)(=O)F)CN1Cc1ccc2c(c1)OCO2. The molecule has 1 atom stereocenters. The van der Waals surface area contributed by atoms with Crippen LogP contribution in [0, 0.1) is 5.92 Å². The first-order valence-electron chi connectivity index (χ1n) is 6.49. The third-order valence-corrected chi connectivity index (χ3v) is 4.41. The van der Waals surface area contributed by atoms with Gasteiger partial charge in [-0.3, -0.25) is 4.79 Å². The summed E-state index contributed by atoms with van der Waals surface area (Å²) in [5.41, 5.74) is 0.858. The van der Waals surface area contributed by atoms with Crippen molar-refractivity contribution < 1.29 is 26.6 Å². The molecule has 2 heterocycles. The summed E-state index contributed by atoms with van der Waals surface area (Å²) in [7, 11) is -4.55. The third kappa shape index (κ3) is 3.26. The number of amides is 1. The Morgan fingerprint density at radius 3 is 2.81 bits per heavy atom. The Morgan fingerprint density at radius 2 is 2.05 bits per heavy atom. The van der Waals surface area contributed by atoms with Gasteiger partial charge in [0.15, 0.2) is 11.5 Å². The number of carbonyl (C=O) groups excluding carboxylic acids is 1. The monoisotopic (exact) mass is 315 g/mol. The summed E-state index contributed by atoms with van der Waals surface area (Å²) in [6.45, 7) is 0.770. The van der Waals surface area contributed by atoms with Gasteiger partial charge >= 0.3 is 10.2 Å². The first-order chi connectivity index (χ1) is 9.90. The second-order valence-electron chi connectivity index (χ2n) is 5.24. The van der Waals surface area contributed by atoms with Crippen molar-refractivity contribution in [1.29, 1.82) is 0 Å². The molecule has 21 heavy (non-hydrogen) atoms. The van der Waals surface area contributed by atoms with Gasteiger partial charge in [-0.15, -0.1) is 3.89 Å². The highest BCUT2D eigenvalue weighted by Gasteiger charge is 2.32. The first-order valence-corrected chi connectivity index (χ1v) is 8.04. The minimum Gasteiger partial charge on any atom is -0.454 e. The maximum atomic E-state index is 12.7. The highest BCUT2D eigenvalue weighted by atomic mass is 32.3. The fourth-order valence-corrected chi connectivity index (χ4v) is 3.45. The van der Waals surface area contributed by atoms with Gasteiger partial charge in [-0.2, -0.15) is 8.42 Å². The van der Waals surface area contributed by atoms with Gasteiger partial charge in [0.2, 0.25) is 12.7 Å². The molecular formula is C13H14FNO5S. The van der Waals surface area contributed by atoms with E-state index in [1.54, 1.807) is 12.1 Å². The maximum absolute atomic E-state index is 12.7. The highest BCUT2D eigenvalue weighted by molar-refractivity contribution is 7.86. The summed E-state index contributed by atoms with van der Waals surface area (Å²) in [4.78, 5) is 13.4. The molecule has 1 amide bonds. The van der Waals surface area contributed by atoms with Crippen molar-refractivity contribution in [2.45, 2.75) is 13.0 Å². The second-order valence-corrected chi connectivity index (χ2v) is 6.65. The summed E-state index contributed by atoms with van der Waals surface area (Å²) in [6, 6.07) is 5.37. The lowest BCUT2D eigenvalue weighted by Crippen LogP contribution is -2.25. The minimum atomic E-state index is -4.55. The molecule has 3 rings (SSSR count). The van der Waals surface area contributed by atoms with E-state index in [1.807, 2.05) is 6.07 Å². The van der Waals surface area contributed by atoms with Crippen LogP contribution >= 0.6 is 0 Å². The Labute approximate surface area is 121 Å². The van der Waals surface area contributed by atoms with Crippen LogP contribution in [0.1, 0.15) is 12.0 Å². The van der Waals surface area contributed by atoms with Gasteiger partial charge in [0, 0.05) is 25.4 Å². The molecule has 0 aromatic heterocycles. The summed E-state index contributed by atoms with van der Waals surface area (Å²) in [5.74, 6) is 0.0360. The Bertz CT molecular complexity index is 675. The van der Waals surface area contributed by atoms with Crippen LogP contribution in [0.25, 0.3) is 0 Å². The largest absolute Gasteiger partial charge is 0.454 e. The molecule has 1 aromatic rings. The molecule has 0 bridgehead atoms. The number of hydrogen-bond acceptors (Lipinski definition) is 5. The number of carbonyl (C=O) groups is 1. The van der Waals surface area contributed by atoms with E-state index in [2.05, 4.69) is 0 Å². The van der Waals surface area contributed by atoms with Gasteiger partial charge in [-0.1, -0.05) is 6.07 Å². The van der Waals surface area contributed by atoms with Crippen molar-refractivity contribution in [2.24, 2.45) is 5.92 Å². The van der Waals surface area contributed by atoms with E-state index in [0.29, 0.717) is 18.0 Å². The lowest BCUT2D eigenvalue weighted by Gasteiger charge is -2.16. The number of fused-ring (bicyclic) bond motifs is 1. The van der Waals surface area contributed by atoms with Crippen LogP contribution in [0.15, 0.2) is 18.2 Å². The Balaban J connectivity index is 1.67. The molecule has 1 saturated heterocycles. The van der Waals surface area contributed by atoms with Crippen molar-refractivity contribution in [3.05, 3.63) is 23.8 Å². The Morgan fingerprint density at radius 1 is 1.29 bits per heavy atom. The average Bonchev–Trinajstić information content (AvgIpc) is 2.94. The minimum absolute atomic E-state index is 0.0632. The highest BCUT2D eigenvalue weighted by Crippen LogP contribution is 2.33. The van der Waals surface area contributed by atoms with Crippen LogP contribution in [-0.4, -0.2) is 38.3 Å². The summed E-state index contributed by atoms with van der Waals surface area (Å²) in [6.07, 6.45) is 0.0632. The molecule has 2 aliphatic rings. The van der Waals surface area contributed by atoms with Crippen LogP contribution in [-0.2, 0) is 21.6 Å². The van der Waals surface area contributed by atoms with E-state index in [0.717, 1.165) is 5.56 Å². The molecule has 0 radical (unpaired) electrons. The van der Waals surface area contributed by atoms with Gasteiger partial charge in [0.1, 0.15) is 0 Å². The molecular weight excluding hydrogens is 301 g/mol. The van der Waals surface area contributed by atoms with Crippen molar-refractivity contribution in [2.75, 3.05) is 19.1 Å². The van der Waals surface area contributed by atoms with Gasteiger partial charge in [-0.25, -0.2) is 0 Å². The quantitative estimate of drug-likeness (QED) is 0.777. The van der Waals surface area contributed by atoms with Gasteiger partial charge in [-0.05, 0) is 17.7 Å². The molecule has 0 aliphatic carbocycles. The number of halogens is 1. The Kier molecular flexibility index (Phi) is 3.48. The van der Waals surface area contributed by atoms with Crippen molar-refractivity contribution in [3.63, 3.8) is 0 Å². The number of rotatable bonds is 4. The van der Waals surface area contributed by atoms with Crippen molar-refractivity contribution in [3.8, 4) is 11.5 Å². The molecule has 1 fully saturated rings. The number of likely N-dealkylation sites (tertiary alicyclic amines) is 1. The van der Waals surface area contributed by atoms with E-state index in [4.69, 9.17) is 9.47 Å². The van der Waals surface area contributed by atoms with Crippen LogP contribution in [0.3, 0.4) is 0 Å². The fraction of sp³-hybridized carbons (Fsp3) is 0.462. The zero-order chi connectivity index (χ0) is 15.0. The molecule has 0 spiro atoms. The topological polar surface area (TPSA) is 72.9 Å². The van der Waals surface area contributed by atoms with E-state index in [1.165, 1.54) is 4.90 Å². The van der Waals surface area contributed by atoms with Crippen molar-refractivity contribution in [1.82, 2.24) is 4.90 Å². The molecule has 6 nitrogen and oxygen atoms in total. The first kappa shape index (κ1) is 14.1. The number of hydrogen-bond donors (Lipinski definition) is 0. The zero-order valence-corrected chi connectivity index (χ0v) is 11.9. The molecule has 0 saturated carbocycles. The molecule has 0 N–H and O–H groups in total. The van der Waals surface area contributed by atoms with E-state index >= 15 is 0 Å². The number of nitrogens with zero attached hydrogens (tertiary/aromatic N) is 1. The van der Waals surface area contributed by atoms with Gasteiger partial charge in [0.05, 0.1) is 5.75 Å². The third-order valence-electron chi connectivity index (χ3n) is 3.54. The normalized spacial score (nSPS) is 21.1. The van der Waals surface area contributed by atoms with Gasteiger partial charge < -0.3 is 14.4 Å². The Hall–Kier alpha value is -1.83. The van der Waals surface area contributed by atoms with E-state index < -0.39 is 21.9 Å². The van der Waals surface area contributed by atoms with Crippen LogP contribution in [0.4, 0.5) is 3.89 Å². The van der Waals surface area contributed by atoms with E-state index in [-0.39, 0.29) is 25.7 Å². The molecule has 8 heteroatoms. The van der Waals surface area contributed by atoms with E-state index in [9.17, 15) is 17.1 Å². The lowest BCUT2D eigenvalue weighted by molar-refractivity contribution is -0.128. The molecule has 1 aromatic carbocycles. The number of benzene rings is 1. The summed E-state index contributed by atoms with van der Waals surface area (Å²) in [5, 5.41) is 0. The molecule has 2 aliphatic heterocycles. The fourth-order valence-electron chi connectivity index (χ4n) is 2.66. The van der Waals surface area contributed by atoms with Crippen LogP contribution in [0.5, 0.6) is 11.5 Å². The van der Waals surface area contributed by atoms with Crippen molar-refractivity contribution >= 4 is 16.1 Å². The maximum Gasteiger partial charge on any atom is 0.302 e. The zero-order valence-electron chi connectivity index (χ0n) is 11.1. The smallest absolute Gasteiger partial charge is 0.302 e. The number of ether oxygens (including phenoxy) is 2. The summed E-state index contributed by atoms with van der Waals surface area (Å²) < 4.78 is 44.5. The van der Waals surface area contributed by atoms with Crippen LogP contribution in [0.2, 0.25) is 0 Å². The predicted octanol–water partition coefficient (Wildman–Crippen LogP) is 1.06. The second kappa shape index (κ2) is 5.18. The average molecular weight is 315 g/mol.